The molecule has 104 valence electrons. The minimum absolute atomic E-state index is 0.694. The van der Waals surface area contributed by atoms with E-state index in [1.54, 1.807) is 0 Å². The number of nitrogens with zero attached hydrogens (tertiary/aromatic N) is 2. The number of hydrogen-bond acceptors (Lipinski definition) is 1. The summed E-state index contributed by atoms with van der Waals surface area (Å²) < 4.78 is 2.17. The minimum Gasteiger partial charge on any atom is -0.313 e. The Bertz CT molecular complexity index is 773. The topological polar surface area (TPSA) is 17.3 Å². The fraction of sp³-hybridized carbons (Fsp3) is 0.0556. The molecule has 21 heavy (non-hydrogen) atoms. The third kappa shape index (κ3) is 3.06. The Labute approximate surface area is 129 Å². The van der Waals surface area contributed by atoms with Crippen LogP contribution in [0.1, 0.15) is 11.4 Å². The van der Waals surface area contributed by atoms with Crippen LogP contribution in [0.2, 0.25) is 5.02 Å². The van der Waals surface area contributed by atoms with Crippen molar-refractivity contribution in [2.24, 2.45) is 4.99 Å². The molecule has 0 N–H and O–H groups in total. The Morgan fingerprint density at radius 2 is 1.76 bits per heavy atom. The van der Waals surface area contributed by atoms with Gasteiger partial charge in [-0.25, -0.2) is 0 Å². The van der Waals surface area contributed by atoms with Gasteiger partial charge in [0.1, 0.15) is 0 Å². The second-order valence-electron chi connectivity index (χ2n) is 4.81. The Balaban J connectivity index is 1.97. The van der Waals surface area contributed by atoms with Crippen molar-refractivity contribution in [3.05, 3.63) is 83.1 Å². The van der Waals surface area contributed by atoms with E-state index in [2.05, 4.69) is 40.7 Å². The lowest BCUT2D eigenvalue weighted by Gasteiger charge is -2.08. The van der Waals surface area contributed by atoms with Gasteiger partial charge in [0.05, 0.1) is 17.6 Å². The van der Waals surface area contributed by atoms with Gasteiger partial charge >= 0.3 is 0 Å². The normalized spacial score (nSPS) is 11.1. The van der Waals surface area contributed by atoms with Crippen molar-refractivity contribution in [1.29, 1.82) is 0 Å². The van der Waals surface area contributed by atoms with Crippen LogP contribution in [0.4, 0.5) is 5.69 Å². The highest BCUT2D eigenvalue weighted by Crippen LogP contribution is 2.19. The molecule has 0 aliphatic heterocycles. The van der Waals surface area contributed by atoms with Crippen molar-refractivity contribution in [2.75, 3.05) is 0 Å². The second-order valence-corrected chi connectivity index (χ2v) is 5.25. The SMILES string of the molecule is Cc1ccc(C=Nc2cccc(Cl)c2)n1-c1ccccc1. The Kier molecular flexibility index (Phi) is 3.89. The third-order valence-electron chi connectivity index (χ3n) is 3.27. The summed E-state index contributed by atoms with van der Waals surface area (Å²) in [6.45, 7) is 2.09. The lowest BCUT2D eigenvalue weighted by atomic mass is 10.3. The maximum atomic E-state index is 5.98. The smallest absolute Gasteiger partial charge is 0.0645 e. The lowest BCUT2D eigenvalue weighted by molar-refractivity contribution is 1.01. The molecule has 0 aliphatic rings. The molecule has 0 saturated carbocycles. The maximum Gasteiger partial charge on any atom is 0.0645 e. The molecule has 0 saturated heterocycles. The number of rotatable bonds is 3. The van der Waals surface area contributed by atoms with Crippen LogP contribution >= 0.6 is 11.6 Å². The number of aromatic nitrogens is 1. The first-order valence-corrected chi connectivity index (χ1v) is 7.15. The van der Waals surface area contributed by atoms with Crippen molar-refractivity contribution < 1.29 is 0 Å². The molecule has 2 aromatic carbocycles. The molecule has 3 aromatic rings. The van der Waals surface area contributed by atoms with E-state index in [0.29, 0.717) is 5.02 Å². The third-order valence-corrected chi connectivity index (χ3v) is 3.51. The number of aliphatic imine (C=N–C) groups is 1. The summed E-state index contributed by atoms with van der Waals surface area (Å²) in [7, 11) is 0. The average molecular weight is 295 g/mol. The van der Waals surface area contributed by atoms with E-state index in [1.807, 2.05) is 48.7 Å². The zero-order valence-electron chi connectivity index (χ0n) is 11.7. The zero-order chi connectivity index (χ0) is 14.7. The highest BCUT2D eigenvalue weighted by Gasteiger charge is 2.04. The van der Waals surface area contributed by atoms with Crippen molar-refractivity contribution in [3.63, 3.8) is 0 Å². The molecule has 0 unspecified atom stereocenters. The molecule has 0 aliphatic carbocycles. The van der Waals surface area contributed by atoms with Gasteiger partial charge in [0.15, 0.2) is 0 Å². The van der Waals surface area contributed by atoms with E-state index >= 15 is 0 Å². The highest BCUT2D eigenvalue weighted by molar-refractivity contribution is 6.30. The van der Waals surface area contributed by atoms with Crippen LogP contribution in [0, 0.1) is 6.92 Å². The van der Waals surface area contributed by atoms with Gasteiger partial charge in [-0.15, -0.1) is 0 Å². The van der Waals surface area contributed by atoms with Crippen LogP contribution in [-0.4, -0.2) is 10.8 Å². The minimum atomic E-state index is 0.694. The average Bonchev–Trinajstić information content (AvgIpc) is 2.87. The lowest BCUT2D eigenvalue weighted by Crippen LogP contribution is -2.00. The number of para-hydroxylation sites is 1. The van der Waals surface area contributed by atoms with Gasteiger partial charge in [0.25, 0.3) is 0 Å². The van der Waals surface area contributed by atoms with Crippen LogP contribution < -0.4 is 0 Å². The molecule has 0 spiro atoms. The summed E-state index contributed by atoms with van der Waals surface area (Å²) in [5.41, 5.74) is 4.20. The Hall–Kier alpha value is -2.32. The van der Waals surface area contributed by atoms with E-state index in [0.717, 1.165) is 17.1 Å². The predicted molar refractivity (Wildman–Crippen MR) is 89.2 cm³/mol. The summed E-state index contributed by atoms with van der Waals surface area (Å²) in [5.74, 6) is 0. The molecular weight excluding hydrogens is 280 g/mol. The van der Waals surface area contributed by atoms with Gasteiger partial charge in [-0.05, 0) is 49.4 Å². The quantitative estimate of drug-likeness (QED) is 0.592. The Morgan fingerprint density at radius 3 is 2.52 bits per heavy atom. The van der Waals surface area contributed by atoms with Crippen molar-refractivity contribution in [1.82, 2.24) is 4.57 Å². The number of benzene rings is 2. The molecule has 1 heterocycles. The molecule has 1 aromatic heterocycles. The van der Waals surface area contributed by atoms with Crippen LogP contribution in [-0.2, 0) is 0 Å². The van der Waals surface area contributed by atoms with Crippen LogP contribution in [0.25, 0.3) is 5.69 Å². The van der Waals surface area contributed by atoms with E-state index in [1.165, 1.54) is 5.69 Å². The fourth-order valence-electron chi connectivity index (χ4n) is 2.29. The predicted octanol–water partition coefficient (Wildman–Crippen LogP) is 5.19. The summed E-state index contributed by atoms with van der Waals surface area (Å²) in [6, 6.07) is 21.9. The highest BCUT2D eigenvalue weighted by atomic mass is 35.5. The number of aryl methyl sites for hydroxylation is 1. The van der Waals surface area contributed by atoms with Gasteiger partial charge < -0.3 is 4.57 Å². The van der Waals surface area contributed by atoms with Crippen LogP contribution in [0.15, 0.2) is 71.7 Å². The number of hydrogen-bond donors (Lipinski definition) is 0. The van der Waals surface area contributed by atoms with Gasteiger partial charge in [-0.2, -0.15) is 0 Å². The first-order chi connectivity index (χ1) is 10.2. The number of halogens is 1. The molecular formula is C18H15ClN2. The first kappa shape index (κ1) is 13.7. The molecule has 0 atom stereocenters. The molecule has 2 nitrogen and oxygen atoms in total. The fourth-order valence-corrected chi connectivity index (χ4v) is 2.47. The molecule has 3 rings (SSSR count). The Morgan fingerprint density at radius 1 is 0.952 bits per heavy atom. The van der Waals surface area contributed by atoms with Crippen molar-refractivity contribution in [3.8, 4) is 5.69 Å². The van der Waals surface area contributed by atoms with Crippen LogP contribution in [0.5, 0.6) is 0 Å². The van der Waals surface area contributed by atoms with E-state index < -0.39 is 0 Å². The van der Waals surface area contributed by atoms with Crippen molar-refractivity contribution >= 4 is 23.5 Å². The molecule has 0 radical (unpaired) electrons. The van der Waals surface area contributed by atoms with Gasteiger partial charge in [-0.3, -0.25) is 4.99 Å². The molecule has 0 fully saturated rings. The van der Waals surface area contributed by atoms with E-state index in [-0.39, 0.29) is 0 Å². The molecule has 0 bridgehead atoms. The molecule has 0 amide bonds. The second kappa shape index (κ2) is 5.98. The standard InChI is InChI=1S/C18H15ClN2/c1-14-10-11-18(21(14)17-8-3-2-4-9-17)13-20-16-7-5-6-15(19)12-16/h2-13H,1H3. The van der Waals surface area contributed by atoms with E-state index in [4.69, 9.17) is 11.6 Å². The molecule has 3 heteroatoms. The van der Waals surface area contributed by atoms with Crippen molar-refractivity contribution in [2.45, 2.75) is 6.92 Å². The van der Waals surface area contributed by atoms with Gasteiger partial charge in [0.2, 0.25) is 0 Å². The summed E-state index contributed by atoms with van der Waals surface area (Å²) in [4.78, 5) is 4.51. The van der Waals surface area contributed by atoms with Crippen LogP contribution in [0.3, 0.4) is 0 Å². The largest absolute Gasteiger partial charge is 0.313 e. The van der Waals surface area contributed by atoms with E-state index in [9.17, 15) is 0 Å². The summed E-state index contributed by atoms with van der Waals surface area (Å²) in [5, 5.41) is 0.694. The monoisotopic (exact) mass is 294 g/mol. The summed E-state index contributed by atoms with van der Waals surface area (Å²) >= 11 is 5.98. The summed E-state index contributed by atoms with van der Waals surface area (Å²) in [6.07, 6.45) is 1.87. The van der Waals surface area contributed by atoms with Gasteiger partial charge in [-0.1, -0.05) is 35.9 Å². The zero-order valence-corrected chi connectivity index (χ0v) is 12.5. The maximum absolute atomic E-state index is 5.98. The van der Waals surface area contributed by atoms with Gasteiger partial charge in [0, 0.05) is 16.4 Å². The first-order valence-electron chi connectivity index (χ1n) is 6.77.